The number of benzene rings is 2. The van der Waals surface area contributed by atoms with Gasteiger partial charge in [0.25, 0.3) is 5.91 Å². The first-order valence-corrected chi connectivity index (χ1v) is 9.92. The number of fused-ring (bicyclic) bond motifs is 1. The summed E-state index contributed by atoms with van der Waals surface area (Å²) in [5.74, 6) is 0.332. The summed E-state index contributed by atoms with van der Waals surface area (Å²) in [6, 6.07) is 16.5. The molecule has 1 amide bonds. The lowest BCUT2D eigenvalue weighted by Gasteiger charge is -2.35. The molecule has 0 spiro atoms. The third-order valence-electron chi connectivity index (χ3n) is 5.33. The highest BCUT2D eigenvalue weighted by molar-refractivity contribution is 5.96. The van der Waals surface area contributed by atoms with E-state index in [0.29, 0.717) is 30.7 Å². The molecule has 1 atom stereocenters. The quantitative estimate of drug-likeness (QED) is 0.632. The molecule has 1 aromatic heterocycles. The molecule has 0 aliphatic carbocycles. The van der Waals surface area contributed by atoms with Gasteiger partial charge in [-0.25, -0.2) is 4.79 Å². The second kappa shape index (κ2) is 9.11. The van der Waals surface area contributed by atoms with Crippen molar-refractivity contribution in [3.05, 3.63) is 76.1 Å². The molecule has 3 aromatic rings. The maximum Gasteiger partial charge on any atom is 0.349 e. The zero-order chi connectivity index (χ0) is 20.9. The van der Waals surface area contributed by atoms with Crippen molar-refractivity contribution in [3.63, 3.8) is 0 Å². The van der Waals surface area contributed by atoms with Crippen LogP contribution in [-0.4, -0.2) is 50.8 Å². The number of carbonyl (C=O) groups is 1. The first kappa shape index (κ1) is 20.1. The summed E-state index contributed by atoms with van der Waals surface area (Å²) in [4.78, 5) is 27.4. The van der Waals surface area contributed by atoms with Gasteiger partial charge < -0.3 is 19.2 Å². The number of methoxy groups -OCH3 is 1. The fourth-order valence-corrected chi connectivity index (χ4v) is 3.68. The molecule has 2 heterocycles. The van der Waals surface area contributed by atoms with Gasteiger partial charge in [-0.3, -0.25) is 9.69 Å². The van der Waals surface area contributed by atoms with E-state index in [9.17, 15) is 9.59 Å². The van der Waals surface area contributed by atoms with E-state index in [2.05, 4.69) is 10.2 Å². The lowest BCUT2D eigenvalue weighted by molar-refractivity contribution is 0.0162. The van der Waals surface area contributed by atoms with Crippen molar-refractivity contribution < 1.29 is 18.7 Å². The van der Waals surface area contributed by atoms with Crippen LogP contribution in [0.2, 0.25) is 0 Å². The Labute approximate surface area is 174 Å². The Kier molecular flexibility index (Phi) is 6.11. The van der Waals surface area contributed by atoms with Crippen LogP contribution in [0.5, 0.6) is 5.75 Å². The Morgan fingerprint density at radius 1 is 1.13 bits per heavy atom. The van der Waals surface area contributed by atoms with Gasteiger partial charge in [-0.1, -0.05) is 30.3 Å². The molecule has 156 valence electrons. The van der Waals surface area contributed by atoms with Crippen molar-refractivity contribution >= 4 is 16.9 Å². The van der Waals surface area contributed by atoms with E-state index in [-0.39, 0.29) is 11.6 Å². The van der Waals surface area contributed by atoms with Crippen molar-refractivity contribution in [1.29, 1.82) is 0 Å². The average Bonchev–Trinajstić information content (AvgIpc) is 2.79. The van der Waals surface area contributed by atoms with Crippen LogP contribution < -0.4 is 15.7 Å². The molecule has 1 fully saturated rings. The fraction of sp³-hybridized carbons (Fsp3) is 0.304. The summed E-state index contributed by atoms with van der Waals surface area (Å²) >= 11 is 0. The number of nitrogens with one attached hydrogen (secondary N) is 1. The molecule has 1 saturated heterocycles. The van der Waals surface area contributed by atoms with Crippen LogP contribution in [0.25, 0.3) is 11.0 Å². The maximum atomic E-state index is 12.8. The number of amides is 1. The number of hydrogen-bond donors (Lipinski definition) is 1. The number of nitrogens with zero attached hydrogens (tertiary/aromatic N) is 1. The molecule has 0 unspecified atom stereocenters. The number of rotatable bonds is 6. The van der Waals surface area contributed by atoms with Crippen LogP contribution in [0.3, 0.4) is 0 Å². The zero-order valence-electron chi connectivity index (χ0n) is 16.8. The number of para-hydroxylation sites is 1. The van der Waals surface area contributed by atoms with Gasteiger partial charge in [-0.2, -0.15) is 0 Å². The van der Waals surface area contributed by atoms with Gasteiger partial charge >= 0.3 is 5.63 Å². The zero-order valence-corrected chi connectivity index (χ0v) is 16.8. The van der Waals surface area contributed by atoms with Gasteiger partial charge in [0.15, 0.2) is 0 Å². The Balaban J connectivity index is 1.54. The highest BCUT2D eigenvalue weighted by Crippen LogP contribution is 2.24. The monoisotopic (exact) mass is 408 g/mol. The van der Waals surface area contributed by atoms with Gasteiger partial charge in [0.1, 0.15) is 16.9 Å². The molecule has 30 heavy (non-hydrogen) atoms. The average molecular weight is 408 g/mol. The van der Waals surface area contributed by atoms with Crippen LogP contribution in [0.15, 0.2) is 63.8 Å². The Bertz CT molecular complexity index is 1070. The van der Waals surface area contributed by atoms with Crippen molar-refractivity contribution in [2.45, 2.75) is 6.04 Å². The Morgan fingerprint density at radius 2 is 1.87 bits per heavy atom. The molecular weight excluding hydrogens is 384 g/mol. The van der Waals surface area contributed by atoms with E-state index in [0.717, 1.165) is 24.4 Å². The van der Waals surface area contributed by atoms with E-state index in [1.165, 1.54) is 0 Å². The minimum Gasteiger partial charge on any atom is -0.497 e. The van der Waals surface area contributed by atoms with Gasteiger partial charge in [0, 0.05) is 25.0 Å². The van der Waals surface area contributed by atoms with E-state index in [1.807, 2.05) is 36.4 Å². The number of morpholine rings is 1. The Morgan fingerprint density at radius 3 is 2.60 bits per heavy atom. The standard InChI is InChI=1S/C23H24N2O5/c1-28-18-8-6-16(7-9-18)20(25-10-12-29-13-11-25)15-24-22(26)19-14-17-4-2-3-5-21(17)30-23(19)27/h2-9,14,20H,10-13,15H2,1H3,(H,24,26)/t20-/m1/s1. The van der Waals surface area contributed by atoms with E-state index < -0.39 is 11.5 Å². The second-order valence-electron chi connectivity index (χ2n) is 7.13. The van der Waals surface area contributed by atoms with Crippen LogP contribution in [0.4, 0.5) is 0 Å². The first-order valence-electron chi connectivity index (χ1n) is 9.92. The summed E-state index contributed by atoms with van der Waals surface area (Å²) in [6.45, 7) is 3.19. The van der Waals surface area contributed by atoms with E-state index in [4.69, 9.17) is 13.9 Å². The molecule has 0 bridgehead atoms. The number of ether oxygens (including phenoxy) is 2. The van der Waals surface area contributed by atoms with E-state index in [1.54, 1.807) is 25.3 Å². The molecule has 4 rings (SSSR count). The van der Waals surface area contributed by atoms with Crippen LogP contribution in [0, 0.1) is 0 Å². The first-order chi connectivity index (χ1) is 14.7. The lowest BCUT2D eigenvalue weighted by atomic mass is 10.0. The summed E-state index contributed by atoms with van der Waals surface area (Å²) in [5.41, 5.74) is 0.884. The maximum absolute atomic E-state index is 12.8. The molecule has 7 nitrogen and oxygen atoms in total. The minimum absolute atomic E-state index is 0.00385. The summed E-state index contributed by atoms with van der Waals surface area (Å²) < 4.78 is 16.0. The second-order valence-corrected chi connectivity index (χ2v) is 7.13. The van der Waals surface area contributed by atoms with Crippen molar-refractivity contribution in [1.82, 2.24) is 10.2 Å². The topological polar surface area (TPSA) is 81.0 Å². The van der Waals surface area contributed by atoms with Crippen LogP contribution in [0.1, 0.15) is 22.0 Å². The summed E-state index contributed by atoms with van der Waals surface area (Å²) in [5, 5.41) is 3.63. The molecular formula is C23H24N2O5. The van der Waals surface area contributed by atoms with Crippen LogP contribution >= 0.6 is 0 Å². The minimum atomic E-state index is -0.640. The third-order valence-corrected chi connectivity index (χ3v) is 5.33. The molecule has 0 radical (unpaired) electrons. The predicted octanol–water partition coefficient (Wildman–Crippen LogP) is 2.60. The van der Waals surface area contributed by atoms with Gasteiger partial charge in [-0.05, 0) is 29.8 Å². The van der Waals surface area contributed by atoms with E-state index >= 15 is 0 Å². The highest BCUT2D eigenvalue weighted by Gasteiger charge is 2.24. The van der Waals surface area contributed by atoms with Crippen molar-refractivity contribution in [2.24, 2.45) is 0 Å². The van der Waals surface area contributed by atoms with Gasteiger partial charge in [0.05, 0.1) is 26.4 Å². The molecule has 1 N–H and O–H groups in total. The SMILES string of the molecule is COc1ccc([C@@H](CNC(=O)c2cc3ccccc3oc2=O)N2CCOCC2)cc1. The summed E-state index contributed by atoms with van der Waals surface area (Å²) in [7, 11) is 1.63. The van der Waals surface area contributed by atoms with Gasteiger partial charge in [0.2, 0.25) is 0 Å². The normalized spacial score (nSPS) is 15.6. The van der Waals surface area contributed by atoms with Gasteiger partial charge in [-0.15, -0.1) is 0 Å². The largest absolute Gasteiger partial charge is 0.497 e. The lowest BCUT2D eigenvalue weighted by Crippen LogP contribution is -2.44. The fourth-order valence-electron chi connectivity index (χ4n) is 3.68. The molecule has 1 aliphatic heterocycles. The summed E-state index contributed by atoms with van der Waals surface area (Å²) in [6.07, 6.45) is 0. The molecule has 1 aliphatic rings. The number of hydrogen-bond acceptors (Lipinski definition) is 6. The highest BCUT2D eigenvalue weighted by atomic mass is 16.5. The van der Waals surface area contributed by atoms with Crippen LogP contribution in [-0.2, 0) is 4.74 Å². The number of carbonyl (C=O) groups excluding carboxylic acids is 1. The molecule has 0 saturated carbocycles. The third kappa shape index (κ3) is 4.37. The predicted molar refractivity (Wildman–Crippen MR) is 113 cm³/mol. The molecule has 2 aromatic carbocycles. The van der Waals surface area contributed by atoms with Crippen molar-refractivity contribution in [2.75, 3.05) is 40.0 Å². The molecule has 7 heteroatoms. The smallest absolute Gasteiger partial charge is 0.349 e. The Hall–Kier alpha value is -3.16. The van der Waals surface area contributed by atoms with Crippen molar-refractivity contribution in [3.8, 4) is 5.75 Å².